The van der Waals surface area contributed by atoms with Crippen LogP contribution in [0.4, 0.5) is 23.1 Å². The fraction of sp³-hybridized carbons (Fsp3) is 0.250. The summed E-state index contributed by atoms with van der Waals surface area (Å²) in [5, 5.41) is 4.36. The molecule has 1 aromatic heterocycles. The molecule has 0 aliphatic carbocycles. The van der Waals surface area contributed by atoms with Crippen LogP contribution in [0.3, 0.4) is 0 Å². The molecule has 0 amide bonds. The SMILES string of the molecule is CCN(CC)c1cc(C)nc(Nc2ccc(NS(=O)(=O)/C=C/c3ccc(C)cc3)cc2)n1. The van der Waals surface area contributed by atoms with E-state index in [1.165, 1.54) is 5.41 Å². The second-order valence-electron chi connectivity index (χ2n) is 7.43. The van der Waals surface area contributed by atoms with E-state index in [0.29, 0.717) is 11.6 Å². The number of benzene rings is 2. The summed E-state index contributed by atoms with van der Waals surface area (Å²) >= 11 is 0. The lowest BCUT2D eigenvalue weighted by atomic mass is 10.2. The average molecular weight is 452 g/mol. The van der Waals surface area contributed by atoms with Gasteiger partial charge in [-0.25, -0.2) is 13.4 Å². The second-order valence-corrected chi connectivity index (χ2v) is 8.99. The van der Waals surface area contributed by atoms with Gasteiger partial charge in [0.2, 0.25) is 5.95 Å². The third-order valence-corrected chi connectivity index (χ3v) is 5.86. The van der Waals surface area contributed by atoms with Crippen LogP contribution in [0.25, 0.3) is 6.08 Å². The average Bonchev–Trinajstić information content (AvgIpc) is 2.75. The van der Waals surface area contributed by atoms with Crippen LogP contribution in [0.2, 0.25) is 0 Å². The first-order valence-electron chi connectivity index (χ1n) is 10.5. The largest absolute Gasteiger partial charge is 0.357 e. The Morgan fingerprint density at radius 1 is 0.906 bits per heavy atom. The first-order valence-corrected chi connectivity index (χ1v) is 12.1. The number of sulfonamides is 1. The standard InChI is InChI=1S/C24H29N5O2S/c1-5-29(6-2)23-17-19(4)25-24(27-23)26-21-11-13-22(14-12-21)28-32(30,31)16-15-20-9-7-18(3)8-10-20/h7-17,28H,5-6H2,1-4H3,(H,25,26,27)/b16-15+. The van der Waals surface area contributed by atoms with Gasteiger partial charge in [0.25, 0.3) is 10.0 Å². The minimum Gasteiger partial charge on any atom is -0.357 e. The van der Waals surface area contributed by atoms with Gasteiger partial charge in [0.15, 0.2) is 0 Å². The van der Waals surface area contributed by atoms with Gasteiger partial charge in [0.1, 0.15) is 5.82 Å². The Labute approximate surface area is 190 Å². The molecule has 8 heteroatoms. The molecule has 0 radical (unpaired) electrons. The Kier molecular flexibility index (Phi) is 7.48. The summed E-state index contributed by atoms with van der Waals surface area (Å²) in [5.74, 6) is 1.37. The van der Waals surface area contributed by atoms with Crippen LogP contribution >= 0.6 is 0 Å². The number of anilines is 4. The molecule has 0 atom stereocenters. The molecule has 3 rings (SSSR count). The highest BCUT2D eigenvalue weighted by Crippen LogP contribution is 2.21. The van der Waals surface area contributed by atoms with E-state index < -0.39 is 10.0 Å². The zero-order chi connectivity index (χ0) is 23.1. The van der Waals surface area contributed by atoms with Gasteiger partial charge in [0.05, 0.1) is 5.41 Å². The number of aromatic nitrogens is 2. The van der Waals surface area contributed by atoms with E-state index in [1.807, 2.05) is 44.2 Å². The van der Waals surface area contributed by atoms with Crippen LogP contribution in [0, 0.1) is 13.8 Å². The minimum atomic E-state index is -3.62. The number of nitrogens with one attached hydrogen (secondary N) is 2. The van der Waals surface area contributed by atoms with Crippen molar-refractivity contribution in [2.45, 2.75) is 27.7 Å². The molecule has 0 aliphatic heterocycles. The van der Waals surface area contributed by atoms with Crippen LogP contribution in [0.1, 0.15) is 30.7 Å². The fourth-order valence-electron chi connectivity index (χ4n) is 3.11. The lowest BCUT2D eigenvalue weighted by Gasteiger charge is -2.20. The van der Waals surface area contributed by atoms with Gasteiger partial charge in [-0.15, -0.1) is 0 Å². The highest BCUT2D eigenvalue weighted by atomic mass is 32.2. The number of hydrogen-bond donors (Lipinski definition) is 2. The summed E-state index contributed by atoms with van der Waals surface area (Å²) in [7, 11) is -3.62. The van der Waals surface area contributed by atoms with Crippen LogP contribution < -0.4 is 14.9 Å². The molecule has 2 N–H and O–H groups in total. The molecule has 0 fully saturated rings. The van der Waals surface area contributed by atoms with Crippen molar-refractivity contribution in [2.24, 2.45) is 0 Å². The van der Waals surface area contributed by atoms with E-state index in [-0.39, 0.29) is 0 Å². The summed E-state index contributed by atoms with van der Waals surface area (Å²) in [6, 6.07) is 16.5. The smallest absolute Gasteiger partial charge is 0.255 e. The van der Waals surface area contributed by atoms with E-state index in [1.54, 1.807) is 30.3 Å². The van der Waals surface area contributed by atoms with E-state index >= 15 is 0 Å². The van der Waals surface area contributed by atoms with Crippen LogP contribution in [-0.2, 0) is 10.0 Å². The molecule has 0 spiro atoms. The predicted molar refractivity (Wildman–Crippen MR) is 133 cm³/mol. The molecule has 3 aromatic rings. The number of hydrogen-bond acceptors (Lipinski definition) is 6. The summed E-state index contributed by atoms with van der Waals surface area (Å²) < 4.78 is 27.3. The van der Waals surface area contributed by atoms with Crippen molar-refractivity contribution >= 4 is 39.2 Å². The quantitative estimate of drug-likeness (QED) is 0.471. The first-order chi connectivity index (χ1) is 15.3. The molecule has 32 heavy (non-hydrogen) atoms. The number of rotatable bonds is 9. The van der Waals surface area contributed by atoms with Crippen molar-refractivity contribution < 1.29 is 8.42 Å². The normalized spacial score (nSPS) is 11.5. The Morgan fingerprint density at radius 2 is 1.53 bits per heavy atom. The van der Waals surface area contributed by atoms with Crippen LogP contribution in [0.5, 0.6) is 0 Å². The maximum Gasteiger partial charge on any atom is 0.255 e. The van der Waals surface area contributed by atoms with E-state index in [2.05, 4.69) is 38.8 Å². The van der Waals surface area contributed by atoms with Crippen molar-refractivity contribution in [3.8, 4) is 0 Å². The maximum absolute atomic E-state index is 12.4. The summed E-state index contributed by atoms with van der Waals surface area (Å²) in [4.78, 5) is 11.2. The molecule has 0 aliphatic rings. The number of nitrogens with zero attached hydrogens (tertiary/aromatic N) is 3. The summed E-state index contributed by atoms with van der Waals surface area (Å²) in [5.41, 5.74) is 4.05. The van der Waals surface area contributed by atoms with Crippen LogP contribution in [0.15, 0.2) is 60.0 Å². The van der Waals surface area contributed by atoms with Crippen molar-refractivity contribution in [1.29, 1.82) is 0 Å². The Balaban J connectivity index is 1.68. The van der Waals surface area contributed by atoms with E-state index in [4.69, 9.17) is 0 Å². The molecular formula is C24H29N5O2S. The summed E-state index contributed by atoms with van der Waals surface area (Å²) in [6.45, 7) is 9.81. The highest BCUT2D eigenvalue weighted by Gasteiger charge is 2.09. The van der Waals surface area contributed by atoms with Gasteiger partial charge < -0.3 is 10.2 Å². The van der Waals surface area contributed by atoms with Gasteiger partial charge in [-0.1, -0.05) is 29.8 Å². The van der Waals surface area contributed by atoms with Crippen LogP contribution in [-0.4, -0.2) is 31.5 Å². The Morgan fingerprint density at radius 3 is 2.16 bits per heavy atom. The van der Waals surface area contributed by atoms with Crippen molar-refractivity contribution in [3.63, 3.8) is 0 Å². The topological polar surface area (TPSA) is 87.2 Å². The van der Waals surface area contributed by atoms with Crippen molar-refractivity contribution in [1.82, 2.24) is 9.97 Å². The van der Waals surface area contributed by atoms with Crippen molar-refractivity contribution in [2.75, 3.05) is 28.0 Å². The van der Waals surface area contributed by atoms with E-state index in [0.717, 1.165) is 41.4 Å². The fourth-order valence-corrected chi connectivity index (χ4v) is 3.98. The molecule has 7 nitrogen and oxygen atoms in total. The first kappa shape index (κ1) is 23.3. The highest BCUT2D eigenvalue weighted by molar-refractivity contribution is 7.95. The zero-order valence-electron chi connectivity index (χ0n) is 18.8. The molecule has 2 aromatic carbocycles. The Hall–Kier alpha value is -3.39. The minimum absolute atomic E-state index is 0.470. The maximum atomic E-state index is 12.4. The third-order valence-electron chi connectivity index (χ3n) is 4.85. The van der Waals surface area contributed by atoms with Gasteiger partial charge in [-0.3, -0.25) is 4.72 Å². The number of aryl methyl sites for hydroxylation is 2. The predicted octanol–water partition coefficient (Wildman–Crippen LogP) is 5.10. The zero-order valence-corrected chi connectivity index (χ0v) is 19.6. The lowest BCUT2D eigenvalue weighted by Crippen LogP contribution is -2.23. The summed E-state index contributed by atoms with van der Waals surface area (Å²) in [6.07, 6.45) is 1.57. The van der Waals surface area contributed by atoms with E-state index in [9.17, 15) is 8.42 Å². The second kappa shape index (κ2) is 10.3. The van der Waals surface area contributed by atoms with Gasteiger partial charge in [-0.2, -0.15) is 4.98 Å². The molecular weight excluding hydrogens is 422 g/mol. The molecule has 0 saturated carbocycles. The molecule has 0 unspecified atom stereocenters. The van der Waals surface area contributed by atoms with Gasteiger partial charge >= 0.3 is 0 Å². The lowest BCUT2D eigenvalue weighted by molar-refractivity contribution is 0.609. The third kappa shape index (κ3) is 6.55. The molecule has 0 bridgehead atoms. The van der Waals surface area contributed by atoms with Crippen molar-refractivity contribution in [3.05, 3.63) is 76.8 Å². The molecule has 1 heterocycles. The van der Waals surface area contributed by atoms with Gasteiger partial charge in [-0.05, 0) is 63.6 Å². The molecule has 0 saturated heterocycles. The Bertz CT molecular complexity index is 1170. The molecule has 168 valence electrons. The monoisotopic (exact) mass is 451 g/mol. The van der Waals surface area contributed by atoms with Gasteiger partial charge in [0, 0.05) is 36.2 Å².